The second-order valence-electron chi connectivity index (χ2n) is 11.6. The van der Waals surface area contributed by atoms with E-state index in [2.05, 4.69) is 0 Å². The van der Waals surface area contributed by atoms with Gasteiger partial charge < -0.3 is 19.5 Å². The van der Waals surface area contributed by atoms with Crippen molar-refractivity contribution in [1.82, 2.24) is 4.90 Å². The van der Waals surface area contributed by atoms with Crippen LogP contribution in [-0.2, 0) is 21.1 Å². The first-order chi connectivity index (χ1) is 20.2. The minimum Gasteiger partial charge on any atom is -0.478 e. The van der Waals surface area contributed by atoms with Gasteiger partial charge in [0.05, 0.1) is 4.90 Å². The molecule has 2 atom stereocenters. The Morgan fingerprint density at radius 2 is 1.56 bits per heavy atom. The van der Waals surface area contributed by atoms with Gasteiger partial charge in [0.2, 0.25) is 0 Å². The first-order valence-corrected chi connectivity index (χ1v) is 15.9. The minimum absolute atomic E-state index is 0.130. The average Bonchev–Trinajstić information content (AvgIpc) is 3.38. The van der Waals surface area contributed by atoms with Gasteiger partial charge in [0.1, 0.15) is 11.5 Å². The number of likely N-dealkylation sites (tertiary alicyclic amines) is 1. The molecule has 1 aliphatic rings. The van der Waals surface area contributed by atoms with Crippen LogP contribution in [0.25, 0.3) is 0 Å². The third kappa shape index (κ3) is 7.62. The fourth-order valence-electron chi connectivity index (χ4n) is 5.34. The Balaban J connectivity index is 1.54. The second kappa shape index (κ2) is 12.6. The molecule has 10 heteroatoms. The van der Waals surface area contributed by atoms with Gasteiger partial charge in [-0.25, -0.2) is 18.0 Å². The number of aryl methyl sites for hydroxylation is 3. The Morgan fingerprint density at radius 3 is 2.12 bits per heavy atom. The summed E-state index contributed by atoms with van der Waals surface area (Å²) in [4.78, 5) is 40.0. The maximum absolute atomic E-state index is 13.7. The van der Waals surface area contributed by atoms with E-state index >= 15 is 0 Å². The molecule has 1 saturated heterocycles. The van der Waals surface area contributed by atoms with Crippen LogP contribution in [0.2, 0.25) is 0 Å². The molecule has 1 N–H and O–H groups in total. The summed E-state index contributed by atoms with van der Waals surface area (Å²) in [5.74, 6) is -0.964. The molecule has 228 valence electrons. The molecule has 1 heterocycles. The molecule has 0 radical (unpaired) electrons. The predicted molar refractivity (Wildman–Crippen MR) is 161 cm³/mol. The third-order valence-electron chi connectivity index (χ3n) is 7.75. The van der Waals surface area contributed by atoms with Crippen molar-refractivity contribution in [2.45, 2.75) is 51.0 Å². The van der Waals surface area contributed by atoms with Crippen molar-refractivity contribution < 1.29 is 37.4 Å². The number of hydrogen-bond donors (Lipinski definition) is 1. The van der Waals surface area contributed by atoms with Crippen LogP contribution in [0, 0.1) is 25.7 Å². The number of carboxylic acid groups (broad SMARTS) is 1. The zero-order valence-corrected chi connectivity index (χ0v) is 25.8. The highest BCUT2D eigenvalue weighted by Gasteiger charge is 2.40. The topological polar surface area (TPSA) is 127 Å². The minimum atomic E-state index is -3.41. The Kier molecular flexibility index (Phi) is 9.29. The van der Waals surface area contributed by atoms with E-state index in [4.69, 9.17) is 9.47 Å². The summed E-state index contributed by atoms with van der Waals surface area (Å²) in [6.07, 6.45) is 1.80. The van der Waals surface area contributed by atoms with Crippen molar-refractivity contribution in [2.24, 2.45) is 11.8 Å². The molecule has 9 nitrogen and oxygen atoms in total. The molecule has 1 amide bonds. The van der Waals surface area contributed by atoms with Crippen LogP contribution in [0.5, 0.6) is 11.5 Å². The van der Waals surface area contributed by atoms with E-state index in [9.17, 15) is 27.9 Å². The number of hydrogen-bond acceptors (Lipinski definition) is 7. The lowest BCUT2D eigenvalue weighted by molar-refractivity contribution is -0.152. The maximum atomic E-state index is 13.7. The van der Waals surface area contributed by atoms with Gasteiger partial charge in [-0.05, 0) is 87.4 Å². The van der Waals surface area contributed by atoms with Crippen molar-refractivity contribution in [3.05, 3.63) is 89.0 Å². The number of rotatable bonds is 10. The van der Waals surface area contributed by atoms with Crippen molar-refractivity contribution in [1.29, 1.82) is 0 Å². The number of amides is 1. The molecule has 1 fully saturated rings. The molecule has 1 aliphatic heterocycles. The molecule has 0 spiro atoms. The number of nitrogens with zero attached hydrogens (tertiary/aromatic N) is 1. The van der Waals surface area contributed by atoms with Gasteiger partial charge in [-0.2, -0.15) is 0 Å². The fourth-order valence-corrected chi connectivity index (χ4v) is 5.97. The van der Waals surface area contributed by atoms with E-state index in [1.54, 1.807) is 29.2 Å². The van der Waals surface area contributed by atoms with Crippen molar-refractivity contribution >= 4 is 27.7 Å². The summed E-state index contributed by atoms with van der Waals surface area (Å²) in [5, 5.41) is 9.47. The number of carbonyl (C=O) groups is 3. The highest BCUT2D eigenvalue weighted by Crippen LogP contribution is 2.34. The largest absolute Gasteiger partial charge is 0.478 e. The summed E-state index contributed by atoms with van der Waals surface area (Å²) < 4.78 is 35.2. The van der Waals surface area contributed by atoms with Crippen LogP contribution in [0.1, 0.15) is 47.3 Å². The zero-order valence-electron chi connectivity index (χ0n) is 25.0. The van der Waals surface area contributed by atoms with Crippen LogP contribution in [0.3, 0.4) is 0 Å². The van der Waals surface area contributed by atoms with Crippen LogP contribution >= 0.6 is 0 Å². The summed E-state index contributed by atoms with van der Waals surface area (Å²) >= 11 is 0. The molecule has 0 aliphatic carbocycles. The zero-order chi connectivity index (χ0) is 31.5. The van der Waals surface area contributed by atoms with Crippen LogP contribution < -0.4 is 9.47 Å². The first kappa shape index (κ1) is 31.7. The molecule has 0 bridgehead atoms. The maximum Gasteiger partial charge on any atom is 0.415 e. The lowest BCUT2D eigenvalue weighted by atomic mass is 9.84. The molecule has 3 aromatic rings. The van der Waals surface area contributed by atoms with E-state index < -0.39 is 33.4 Å². The highest BCUT2D eigenvalue weighted by molar-refractivity contribution is 7.90. The Bertz CT molecular complexity index is 1590. The van der Waals surface area contributed by atoms with E-state index in [1.807, 2.05) is 32.0 Å². The van der Waals surface area contributed by atoms with Gasteiger partial charge in [0, 0.05) is 30.8 Å². The number of ketones is 1. The quantitative estimate of drug-likeness (QED) is 0.299. The second-order valence-corrected chi connectivity index (χ2v) is 13.6. The van der Waals surface area contributed by atoms with Crippen LogP contribution in [0.15, 0.2) is 71.6 Å². The van der Waals surface area contributed by atoms with E-state index in [-0.39, 0.29) is 23.1 Å². The first-order valence-electron chi connectivity index (χ1n) is 14.0. The Labute approximate surface area is 252 Å². The monoisotopic (exact) mass is 607 g/mol. The number of Topliss-reactive ketones (excluding diaryl/α,β-unsaturated/α-hetero) is 1. The molecule has 4 rings (SSSR count). The van der Waals surface area contributed by atoms with Gasteiger partial charge in [-0.1, -0.05) is 42.5 Å². The number of sulfone groups is 1. The molecule has 0 aromatic heterocycles. The van der Waals surface area contributed by atoms with Gasteiger partial charge in [0.25, 0.3) is 0 Å². The fraction of sp³-hybridized carbons (Fsp3) is 0.364. The summed E-state index contributed by atoms with van der Waals surface area (Å²) in [7, 11) is -3.41. The van der Waals surface area contributed by atoms with E-state index in [1.165, 1.54) is 38.1 Å². The Hall–Kier alpha value is -4.18. The van der Waals surface area contributed by atoms with E-state index in [0.29, 0.717) is 36.4 Å². The number of aliphatic carboxylic acids is 1. The summed E-state index contributed by atoms with van der Waals surface area (Å²) in [6.45, 7) is 7.25. The number of ether oxygens (including phenoxy) is 2. The average molecular weight is 608 g/mol. The molecule has 0 saturated carbocycles. The molecule has 2 unspecified atom stereocenters. The number of carbonyl (C=O) groups excluding carboxylic acids is 2. The molecular weight excluding hydrogens is 570 g/mol. The lowest BCUT2D eigenvalue weighted by Crippen LogP contribution is -2.38. The Morgan fingerprint density at radius 1 is 0.953 bits per heavy atom. The number of carboxylic acids is 1. The van der Waals surface area contributed by atoms with E-state index in [0.717, 1.165) is 22.9 Å². The van der Waals surface area contributed by atoms with Crippen molar-refractivity contribution in [3.63, 3.8) is 0 Å². The normalized spacial score (nSPS) is 17.0. The van der Waals surface area contributed by atoms with Crippen molar-refractivity contribution in [2.75, 3.05) is 19.3 Å². The summed E-state index contributed by atoms with van der Waals surface area (Å²) in [6, 6.07) is 18.5. The SMILES string of the molecule is Cc1cc(CCC2CN(C(=O)Oc3ccccc3)CC2C(=O)c2ccc(S(C)(=O)=O)cc2)cc(C)c1OC(C)(C)C(=O)O. The van der Waals surface area contributed by atoms with Gasteiger partial charge >= 0.3 is 12.1 Å². The smallest absolute Gasteiger partial charge is 0.415 e. The third-order valence-corrected chi connectivity index (χ3v) is 8.88. The lowest BCUT2D eigenvalue weighted by Gasteiger charge is -2.25. The van der Waals surface area contributed by atoms with Crippen LogP contribution in [0.4, 0.5) is 4.79 Å². The highest BCUT2D eigenvalue weighted by atomic mass is 32.2. The van der Waals surface area contributed by atoms with Crippen LogP contribution in [-0.4, -0.2) is 61.2 Å². The van der Waals surface area contributed by atoms with Gasteiger partial charge in [-0.15, -0.1) is 0 Å². The standard InChI is InChI=1S/C33H37NO8S/c1-21-17-23(18-22(2)30(21)42-33(3,4)31(36)37)11-12-25-19-34(32(38)41-26-9-7-6-8-10-26)20-28(25)29(35)24-13-15-27(16-14-24)43(5,39)40/h6-10,13-18,25,28H,11-12,19-20H2,1-5H3,(H,36,37). The molecular formula is C33H37NO8S. The summed E-state index contributed by atoms with van der Waals surface area (Å²) in [5.41, 5.74) is 1.62. The number of para-hydroxylation sites is 1. The molecule has 43 heavy (non-hydrogen) atoms. The predicted octanol–water partition coefficient (Wildman–Crippen LogP) is 5.51. The van der Waals surface area contributed by atoms with Crippen molar-refractivity contribution in [3.8, 4) is 11.5 Å². The van der Waals surface area contributed by atoms with Gasteiger partial charge in [0.15, 0.2) is 21.2 Å². The molecule has 3 aromatic carbocycles. The van der Waals surface area contributed by atoms with Gasteiger partial charge in [-0.3, -0.25) is 4.79 Å². The number of benzene rings is 3.